The normalized spacial score (nSPS) is 20.6. The summed E-state index contributed by atoms with van der Waals surface area (Å²) in [6.07, 6.45) is 0.602. The molecular formula is C21H21Cl3N2O3. The summed E-state index contributed by atoms with van der Waals surface area (Å²) in [6, 6.07) is 11.0. The van der Waals surface area contributed by atoms with Crippen molar-refractivity contribution < 1.29 is 14.3 Å². The van der Waals surface area contributed by atoms with E-state index < -0.39 is 24.1 Å². The highest BCUT2D eigenvalue weighted by molar-refractivity contribution is 6.42. The van der Waals surface area contributed by atoms with Crippen molar-refractivity contribution >= 4 is 46.6 Å². The minimum Gasteiger partial charge on any atom is -0.368 e. The SMILES string of the molecule is CCC[C@H](C(N)=O)N1C(=O)CO[C@H](c2ccc(Cl)c(Cl)c2)[C@@H]1c1ccc(Cl)cc1. The summed E-state index contributed by atoms with van der Waals surface area (Å²) in [7, 11) is 0. The van der Waals surface area contributed by atoms with Gasteiger partial charge < -0.3 is 15.4 Å². The summed E-state index contributed by atoms with van der Waals surface area (Å²) in [5.41, 5.74) is 7.20. The van der Waals surface area contributed by atoms with Crippen molar-refractivity contribution in [3.63, 3.8) is 0 Å². The van der Waals surface area contributed by atoms with E-state index in [1.54, 1.807) is 35.2 Å². The number of benzene rings is 2. The Morgan fingerprint density at radius 1 is 1.14 bits per heavy atom. The predicted octanol–water partition coefficient (Wildman–Crippen LogP) is 4.94. The third-order valence-electron chi connectivity index (χ3n) is 4.97. The molecule has 2 N–H and O–H groups in total. The molecule has 8 heteroatoms. The minimum absolute atomic E-state index is 0.164. The zero-order valence-corrected chi connectivity index (χ0v) is 18.0. The van der Waals surface area contributed by atoms with Crippen LogP contribution in [0.5, 0.6) is 0 Å². The number of hydrogen-bond acceptors (Lipinski definition) is 3. The Morgan fingerprint density at radius 3 is 2.38 bits per heavy atom. The number of ether oxygens (including phenoxy) is 1. The largest absolute Gasteiger partial charge is 0.368 e. The summed E-state index contributed by atoms with van der Waals surface area (Å²) in [5, 5.41) is 1.36. The molecule has 154 valence electrons. The van der Waals surface area contributed by atoms with Crippen molar-refractivity contribution in [2.45, 2.75) is 38.0 Å². The molecule has 5 nitrogen and oxygen atoms in total. The number of primary amides is 1. The second-order valence-electron chi connectivity index (χ2n) is 6.91. The average Bonchev–Trinajstić information content (AvgIpc) is 2.69. The van der Waals surface area contributed by atoms with Gasteiger partial charge in [0.1, 0.15) is 18.8 Å². The molecule has 3 rings (SSSR count). The van der Waals surface area contributed by atoms with Crippen LogP contribution in [0, 0.1) is 0 Å². The topological polar surface area (TPSA) is 72.6 Å². The summed E-state index contributed by atoms with van der Waals surface area (Å²) < 4.78 is 5.93. The smallest absolute Gasteiger partial charge is 0.249 e. The van der Waals surface area contributed by atoms with E-state index in [0.717, 1.165) is 11.1 Å². The first-order valence-electron chi connectivity index (χ1n) is 9.26. The van der Waals surface area contributed by atoms with E-state index in [1.165, 1.54) is 0 Å². The fourth-order valence-corrected chi connectivity index (χ4v) is 4.08. The molecule has 1 heterocycles. The maximum absolute atomic E-state index is 12.9. The van der Waals surface area contributed by atoms with E-state index in [1.807, 2.05) is 19.1 Å². The van der Waals surface area contributed by atoms with Crippen molar-refractivity contribution in [2.75, 3.05) is 6.61 Å². The van der Waals surface area contributed by atoms with E-state index in [4.69, 9.17) is 45.3 Å². The molecule has 1 aliphatic rings. The molecule has 2 aromatic rings. The van der Waals surface area contributed by atoms with Gasteiger partial charge in [0, 0.05) is 5.02 Å². The number of hydrogen-bond donors (Lipinski definition) is 1. The van der Waals surface area contributed by atoms with Crippen LogP contribution in [0.2, 0.25) is 15.1 Å². The fraction of sp³-hybridized carbons (Fsp3) is 0.333. The van der Waals surface area contributed by atoms with Gasteiger partial charge in [-0.15, -0.1) is 0 Å². The number of nitrogens with zero attached hydrogens (tertiary/aromatic N) is 1. The molecule has 0 aliphatic carbocycles. The molecular weight excluding hydrogens is 435 g/mol. The number of carbonyl (C=O) groups excluding carboxylic acids is 2. The number of carbonyl (C=O) groups is 2. The Hall–Kier alpha value is -1.79. The van der Waals surface area contributed by atoms with Gasteiger partial charge in [-0.05, 0) is 41.8 Å². The zero-order chi connectivity index (χ0) is 21.1. The van der Waals surface area contributed by atoms with Gasteiger partial charge >= 0.3 is 0 Å². The number of halogens is 3. The van der Waals surface area contributed by atoms with E-state index in [9.17, 15) is 9.59 Å². The Bertz CT molecular complexity index is 905. The predicted molar refractivity (Wildman–Crippen MR) is 114 cm³/mol. The van der Waals surface area contributed by atoms with Gasteiger partial charge in [0.2, 0.25) is 11.8 Å². The Morgan fingerprint density at radius 2 is 1.79 bits per heavy atom. The van der Waals surface area contributed by atoms with Crippen LogP contribution in [0.15, 0.2) is 42.5 Å². The second-order valence-corrected chi connectivity index (χ2v) is 8.16. The van der Waals surface area contributed by atoms with Crippen molar-refractivity contribution in [3.05, 3.63) is 68.7 Å². The van der Waals surface area contributed by atoms with Crippen LogP contribution in [-0.2, 0) is 14.3 Å². The minimum atomic E-state index is -0.748. The lowest BCUT2D eigenvalue weighted by atomic mass is 9.90. The molecule has 2 amide bonds. The molecule has 2 aromatic carbocycles. The molecule has 0 unspecified atom stereocenters. The van der Waals surface area contributed by atoms with Crippen LogP contribution >= 0.6 is 34.8 Å². The maximum Gasteiger partial charge on any atom is 0.249 e. The molecule has 0 radical (unpaired) electrons. The Labute approximate surface area is 184 Å². The standard InChI is InChI=1S/C21H21Cl3N2O3/c1-2-3-17(21(25)28)26-18(27)11-29-20(13-6-9-15(23)16(24)10-13)19(26)12-4-7-14(22)8-5-12/h4-10,17,19-20H,2-3,11H2,1H3,(H2,25,28)/t17-,19+,20-/m1/s1. The lowest BCUT2D eigenvalue weighted by Gasteiger charge is -2.44. The fourth-order valence-electron chi connectivity index (χ4n) is 3.65. The van der Waals surface area contributed by atoms with Crippen molar-refractivity contribution in [3.8, 4) is 0 Å². The number of amides is 2. The average molecular weight is 456 g/mol. The van der Waals surface area contributed by atoms with Crippen LogP contribution in [0.3, 0.4) is 0 Å². The summed E-state index contributed by atoms with van der Waals surface area (Å²) >= 11 is 18.3. The van der Waals surface area contributed by atoms with Crippen LogP contribution in [0.1, 0.15) is 43.0 Å². The van der Waals surface area contributed by atoms with E-state index >= 15 is 0 Å². The van der Waals surface area contributed by atoms with Gasteiger partial charge in [-0.3, -0.25) is 9.59 Å². The zero-order valence-electron chi connectivity index (χ0n) is 15.8. The van der Waals surface area contributed by atoms with Crippen LogP contribution in [-0.4, -0.2) is 29.4 Å². The van der Waals surface area contributed by atoms with Gasteiger partial charge in [0.25, 0.3) is 0 Å². The van der Waals surface area contributed by atoms with Gasteiger partial charge in [0.15, 0.2) is 0 Å². The first-order chi connectivity index (χ1) is 13.8. The summed E-state index contributed by atoms with van der Waals surface area (Å²) in [6.45, 7) is 1.77. The van der Waals surface area contributed by atoms with Crippen molar-refractivity contribution in [1.29, 1.82) is 0 Å². The van der Waals surface area contributed by atoms with E-state index in [-0.39, 0.29) is 12.5 Å². The van der Waals surface area contributed by atoms with Crippen LogP contribution < -0.4 is 5.73 Å². The third kappa shape index (κ3) is 4.69. The Balaban J connectivity index is 2.13. The molecule has 0 bridgehead atoms. The lowest BCUT2D eigenvalue weighted by Crippen LogP contribution is -2.55. The summed E-state index contributed by atoms with van der Waals surface area (Å²) in [5.74, 6) is -0.840. The Kier molecular flexibility index (Phi) is 7.06. The number of rotatable bonds is 6. The van der Waals surface area contributed by atoms with Gasteiger partial charge in [0.05, 0.1) is 16.1 Å². The molecule has 1 aliphatic heterocycles. The third-order valence-corrected chi connectivity index (χ3v) is 5.96. The highest BCUT2D eigenvalue weighted by atomic mass is 35.5. The van der Waals surface area contributed by atoms with Gasteiger partial charge in [-0.25, -0.2) is 0 Å². The molecule has 0 saturated carbocycles. The van der Waals surface area contributed by atoms with Crippen molar-refractivity contribution in [2.24, 2.45) is 5.73 Å². The number of nitrogens with two attached hydrogens (primary N) is 1. The van der Waals surface area contributed by atoms with Gasteiger partial charge in [-0.1, -0.05) is 66.3 Å². The van der Waals surface area contributed by atoms with Crippen molar-refractivity contribution in [1.82, 2.24) is 4.90 Å². The first kappa shape index (κ1) is 21.9. The molecule has 1 fully saturated rings. The first-order valence-corrected chi connectivity index (χ1v) is 10.4. The molecule has 3 atom stereocenters. The highest BCUT2D eigenvalue weighted by Gasteiger charge is 2.43. The van der Waals surface area contributed by atoms with E-state index in [2.05, 4.69) is 0 Å². The number of morpholine rings is 1. The quantitative estimate of drug-likeness (QED) is 0.670. The molecule has 0 aromatic heterocycles. The van der Waals surface area contributed by atoms with E-state index in [0.29, 0.717) is 27.9 Å². The molecule has 1 saturated heterocycles. The lowest BCUT2D eigenvalue weighted by molar-refractivity contribution is -0.166. The summed E-state index contributed by atoms with van der Waals surface area (Å²) in [4.78, 5) is 26.7. The van der Waals surface area contributed by atoms with Crippen LogP contribution in [0.25, 0.3) is 0 Å². The highest BCUT2D eigenvalue weighted by Crippen LogP contribution is 2.43. The second kappa shape index (κ2) is 9.35. The van der Waals surface area contributed by atoms with Crippen LogP contribution in [0.4, 0.5) is 0 Å². The molecule has 0 spiro atoms. The maximum atomic E-state index is 12.9. The van der Waals surface area contributed by atoms with Gasteiger partial charge in [-0.2, -0.15) is 0 Å². The molecule has 29 heavy (non-hydrogen) atoms. The monoisotopic (exact) mass is 454 g/mol.